The molecule has 0 aromatic rings. The van der Waals surface area contributed by atoms with Gasteiger partial charge in [-0.15, -0.1) is 5.10 Å². The minimum absolute atomic E-state index is 0.188. The molecule has 2 N–H and O–H groups in total. The third kappa shape index (κ3) is 3.56. The molecule has 1 amide bonds. The molecule has 98 valence electrons. The van der Waals surface area contributed by atoms with Gasteiger partial charge >= 0.3 is 5.97 Å². The number of carboxylic acids is 1. The standard InChI is InChI=1S/C11H15N3O3S/c15-9(16)6-8-10(17)12-11(18-8)14-13-7-4-2-1-3-5-7/h8H,1-6H2,(H,15,16)(H,12,14,17)/t8-/m1/s1. The topological polar surface area (TPSA) is 91.1 Å². The van der Waals surface area contributed by atoms with E-state index in [1.165, 1.54) is 6.42 Å². The number of aliphatic carboxylic acids is 1. The van der Waals surface area contributed by atoms with Crippen LogP contribution >= 0.6 is 11.8 Å². The molecule has 2 aliphatic rings. The Morgan fingerprint density at radius 3 is 2.72 bits per heavy atom. The van der Waals surface area contributed by atoms with E-state index in [1.807, 2.05) is 0 Å². The van der Waals surface area contributed by atoms with Crippen molar-refractivity contribution < 1.29 is 14.7 Å². The van der Waals surface area contributed by atoms with E-state index in [0.717, 1.165) is 43.2 Å². The predicted octanol–water partition coefficient (Wildman–Crippen LogP) is 1.37. The quantitative estimate of drug-likeness (QED) is 0.757. The fourth-order valence-electron chi connectivity index (χ4n) is 1.92. The first-order valence-corrected chi connectivity index (χ1v) is 6.86. The molecular weight excluding hydrogens is 254 g/mol. The van der Waals surface area contributed by atoms with Crippen LogP contribution in [0.2, 0.25) is 0 Å². The lowest BCUT2D eigenvalue weighted by molar-refractivity contribution is -0.138. The molecule has 0 unspecified atom stereocenters. The molecule has 6 nitrogen and oxygen atoms in total. The minimum atomic E-state index is -0.984. The highest BCUT2D eigenvalue weighted by Crippen LogP contribution is 2.22. The molecule has 2 rings (SSSR count). The van der Waals surface area contributed by atoms with Crippen LogP contribution in [-0.4, -0.2) is 33.1 Å². The van der Waals surface area contributed by atoms with Crippen molar-refractivity contribution in [3.8, 4) is 0 Å². The van der Waals surface area contributed by atoms with Crippen LogP contribution in [0.15, 0.2) is 10.2 Å². The van der Waals surface area contributed by atoms with Crippen LogP contribution in [0.25, 0.3) is 0 Å². The number of carboxylic acid groups (broad SMARTS) is 1. The summed E-state index contributed by atoms with van der Waals surface area (Å²) in [5.41, 5.74) is 1.06. The highest BCUT2D eigenvalue weighted by Gasteiger charge is 2.32. The molecule has 7 heteroatoms. The Labute approximate surface area is 109 Å². The fourth-order valence-corrected chi connectivity index (χ4v) is 2.83. The van der Waals surface area contributed by atoms with Crippen molar-refractivity contribution in [2.24, 2.45) is 10.2 Å². The van der Waals surface area contributed by atoms with Crippen LogP contribution in [0, 0.1) is 0 Å². The summed E-state index contributed by atoms with van der Waals surface area (Å²) in [6.45, 7) is 0. The molecular formula is C11H15N3O3S. The summed E-state index contributed by atoms with van der Waals surface area (Å²) in [5, 5.41) is 19.2. The van der Waals surface area contributed by atoms with Gasteiger partial charge < -0.3 is 10.4 Å². The van der Waals surface area contributed by atoms with Crippen LogP contribution in [0.4, 0.5) is 0 Å². The molecule has 0 spiro atoms. The van der Waals surface area contributed by atoms with Crippen molar-refractivity contribution in [3.05, 3.63) is 0 Å². The molecule has 1 atom stereocenters. The monoisotopic (exact) mass is 269 g/mol. The molecule has 0 radical (unpaired) electrons. The van der Waals surface area contributed by atoms with Gasteiger partial charge in [-0.3, -0.25) is 9.59 Å². The van der Waals surface area contributed by atoms with E-state index in [0.29, 0.717) is 5.17 Å². The summed E-state index contributed by atoms with van der Waals surface area (Å²) in [4.78, 5) is 22.0. The van der Waals surface area contributed by atoms with Gasteiger partial charge in [0, 0.05) is 5.71 Å². The van der Waals surface area contributed by atoms with Crippen LogP contribution in [0.1, 0.15) is 38.5 Å². The lowest BCUT2D eigenvalue weighted by Crippen LogP contribution is -2.26. The van der Waals surface area contributed by atoms with Crippen LogP contribution < -0.4 is 5.32 Å². The van der Waals surface area contributed by atoms with Crippen molar-refractivity contribution in [1.29, 1.82) is 0 Å². The number of carbonyl (C=O) groups is 2. The van der Waals surface area contributed by atoms with E-state index < -0.39 is 11.2 Å². The van der Waals surface area contributed by atoms with Gasteiger partial charge in [-0.1, -0.05) is 18.2 Å². The maximum absolute atomic E-state index is 11.4. The fraction of sp³-hybridized carbons (Fsp3) is 0.636. The van der Waals surface area contributed by atoms with Gasteiger partial charge in [0.1, 0.15) is 5.25 Å². The summed E-state index contributed by atoms with van der Waals surface area (Å²) in [6.07, 6.45) is 5.27. The molecule has 1 saturated carbocycles. The number of nitrogens with zero attached hydrogens (tertiary/aromatic N) is 2. The maximum atomic E-state index is 11.4. The van der Waals surface area contributed by atoms with Crippen molar-refractivity contribution in [1.82, 2.24) is 5.32 Å². The van der Waals surface area contributed by atoms with Gasteiger partial charge in [-0.25, -0.2) is 0 Å². The molecule has 0 aromatic carbocycles. The van der Waals surface area contributed by atoms with Crippen molar-refractivity contribution in [3.63, 3.8) is 0 Å². The zero-order chi connectivity index (χ0) is 13.0. The highest BCUT2D eigenvalue weighted by molar-refractivity contribution is 8.15. The number of amidine groups is 1. The number of thioether (sulfide) groups is 1. The summed E-state index contributed by atoms with van der Waals surface area (Å²) in [7, 11) is 0. The summed E-state index contributed by atoms with van der Waals surface area (Å²) in [5.74, 6) is -1.28. The molecule has 2 fully saturated rings. The van der Waals surface area contributed by atoms with Gasteiger partial charge in [0.05, 0.1) is 6.42 Å². The van der Waals surface area contributed by atoms with E-state index in [1.54, 1.807) is 0 Å². The molecule has 18 heavy (non-hydrogen) atoms. The van der Waals surface area contributed by atoms with E-state index in [4.69, 9.17) is 5.11 Å². The summed E-state index contributed by atoms with van der Waals surface area (Å²) >= 11 is 1.14. The number of carbonyl (C=O) groups excluding carboxylic acids is 1. The van der Waals surface area contributed by atoms with E-state index in [-0.39, 0.29) is 12.3 Å². The number of rotatable bonds is 3. The number of amides is 1. The average Bonchev–Trinajstić information content (AvgIpc) is 2.68. The minimum Gasteiger partial charge on any atom is -0.481 e. The smallest absolute Gasteiger partial charge is 0.305 e. The Balaban J connectivity index is 1.94. The second-order valence-corrected chi connectivity index (χ2v) is 5.52. The molecule has 0 aromatic heterocycles. The lowest BCUT2D eigenvalue weighted by atomic mass is 9.99. The zero-order valence-corrected chi connectivity index (χ0v) is 10.7. The Morgan fingerprint density at radius 2 is 2.06 bits per heavy atom. The first kappa shape index (κ1) is 13.1. The van der Waals surface area contributed by atoms with Crippen LogP contribution in [0.5, 0.6) is 0 Å². The SMILES string of the molecule is O=C(O)C[C@H]1S/C(=N\N=C2CCCCC2)NC1=O. The molecule has 0 bridgehead atoms. The normalized spacial score (nSPS) is 26.2. The van der Waals surface area contributed by atoms with E-state index in [9.17, 15) is 9.59 Å². The first-order valence-electron chi connectivity index (χ1n) is 5.98. The Bertz CT molecular complexity index is 412. The second kappa shape index (κ2) is 5.99. The van der Waals surface area contributed by atoms with Crippen LogP contribution in [0.3, 0.4) is 0 Å². The highest BCUT2D eigenvalue weighted by atomic mass is 32.2. The third-order valence-electron chi connectivity index (χ3n) is 2.85. The van der Waals surface area contributed by atoms with E-state index >= 15 is 0 Å². The predicted molar refractivity (Wildman–Crippen MR) is 69.7 cm³/mol. The first-order chi connectivity index (χ1) is 8.65. The molecule has 1 heterocycles. The molecule has 1 aliphatic heterocycles. The van der Waals surface area contributed by atoms with Gasteiger partial charge in [0.2, 0.25) is 5.91 Å². The van der Waals surface area contributed by atoms with Crippen molar-refractivity contribution in [2.75, 3.05) is 0 Å². The lowest BCUT2D eigenvalue weighted by Gasteiger charge is -2.10. The molecule has 1 aliphatic carbocycles. The third-order valence-corrected chi connectivity index (χ3v) is 3.92. The average molecular weight is 269 g/mol. The largest absolute Gasteiger partial charge is 0.481 e. The van der Waals surface area contributed by atoms with Crippen molar-refractivity contribution >= 4 is 34.5 Å². The van der Waals surface area contributed by atoms with Gasteiger partial charge in [0.25, 0.3) is 0 Å². The Hall–Kier alpha value is -1.37. The van der Waals surface area contributed by atoms with Crippen LogP contribution in [-0.2, 0) is 9.59 Å². The Kier molecular flexibility index (Phi) is 4.35. The summed E-state index contributed by atoms with van der Waals surface area (Å²) < 4.78 is 0. The summed E-state index contributed by atoms with van der Waals surface area (Å²) in [6, 6.07) is 0. The van der Waals surface area contributed by atoms with Gasteiger partial charge in [-0.2, -0.15) is 5.10 Å². The van der Waals surface area contributed by atoms with E-state index in [2.05, 4.69) is 15.5 Å². The van der Waals surface area contributed by atoms with Gasteiger partial charge in [-0.05, 0) is 25.7 Å². The number of nitrogens with one attached hydrogen (secondary N) is 1. The zero-order valence-electron chi connectivity index (χ0n) is 9.89. The van der Waals surface area contributed by atoms with Crippen molar-refractivity contribution in [2.45, 2.75) is 43.8 Å². The number of hydrogen-bond donors (Lipinski definition) is 2. The number of hydrogen-bond acceptors (Lipinski definition) is 5. The molecule has 1 saturated heterocycles. The maximum Gasteiger partial charge on any atom is 0.305 e. The van der Waals surface area contributed by atoms with Gasteiger partial charge in [0.15, 0.2) is 5.17 Å². The second-order valence-electron chi connectivity index (χ2n) is 4.33. The Morgan fingerprint density at radius 1 is 1.33 bits per heavy atom.